The van der Waals surface area contributed by atoms with Gasteiger partial charge >= 0.3 is 0 Å². The minimum Gasteiger partial charge on any atom is -0.309 e. The van der Waals surface area contributed by atoms with E-state index in [1.807, 2.05) is 22.7 Å². The molecular weight excluding hydrogens is 282 g/mol. The van der Waals surface area contributed by atoms with Crippen LogP contribution in [0, 0.1) is 0 Å². The lowest BCUT2D eigenvalue weighted by molar-refractivity contribution is 0.539. The van der Waals surface area contributed by atoms with Gasteiger partial charge < -0.3 is 5.32 Å². The number of hydrogen-bond donors (Lipinski definition) is 1. The predicted molar refractivity (Wildman–Crippen MR) is 92.1 cm³/mol. The second-order valence-corrected chi connectivity index (χ2v) is 7.54. The molecule has 0 aliphatic carbocycles. The van der Waals surface area contributed by atoms with Crippen LogP contribution in [-0.4, -0.2) is 6.54 Å². The highest BCUT2D eigenvalue weighted by atomic mass is 32.1. The third-order valence-electron chi connectivity index (χ3n) is 3.49. The van der Waals surface area contributed by atoms with Crippen LogP contribution < -0.4 is 5.32 Å². The van der Waals surface area contributed by atoms with E-state index >= 15 is 0 Å². The van der Waals surface area contributed by atoms with Crippen LogP contribution in [-0.2, 0) is 19.3 Å². The predicted octanol–water partition coefficient (Wildman–Crippen LogP) is 5.22. The van der Waals surface area contributed by atoms with E-state index in [1.54, 1.807) is 0 Å². The van der Waals surface area contributed by atoms with Crippen molar-refractivity contribution in [2.24, 2.45) is 0 Å². The van der Waals surface area contributed by atoms with E-state index in [2.05, 4.69) is 50.4 Å². The van der Waals surface area contributed by atoms with Crippen LogP contribution in [0.4, 0.5) is 0 Å². The van der Waals surface area contributed by atoms with Crippen molar-refractivity contribution in [2.45, 2.75) is 52.5 Å². The highest BCUT2D eigenvalue weighted by Gasteiger charge is 2.15. The lowest BCUT2D eigenvalue weighted by Gasteiger charge is -2.16. The number of thiophene rings is 2. The molecule has 2 aromatic rings. The molecule has 1 nitrogen and oxygen atoms in total. The molecule has 1 unspecified atom stereocenters. The zero-order chi connectivity index (χ0) is 14.4. The van der Waals surface area contributed by atoms with Crippen molar-refractivity contribution in [3.63, 3.8) is 0 Å². The normalized spacial score (nSPS) is 12.8. The maximum Gasteiger partial charge on any atom is 0.0463 e. The molecule has 20 heavy (non-hydrogen) atoms. The van der Waals surface area contributed by atoms with Gasteiger partial charge in [-0.1, -0.05) is 20.8 Å². The Bertz CT molecular complexity index is 513. The summed E-state index contributed by atoms with van der Waals surface area (Å²) in [5, 5.41) is 3.72. The molecule has 1 atom stereocenters. The first-order valence-electron chi connectivity index (χ1n) is 7.66. The van der Waals surface area contributed by atoms with E-state index in [9.17, 15) is 0 Å². The molecule has 3 heteroatoms. The summed E-state index contributed by atoms with van der Waals surface area (Å²) in [4.78, 5) is 5.97. The molecule has 110 valence electrons. The van der Waals surface area contributed by atoms with Crippen molar-refractivity contribution < 1.29 is 0 Å². The van der Waals surface area contributed by atoms with E-state index in [4.69, 9.17) is 0 Å². The van der Waals surface area contributed by atoms with Crippen LogP contribution in [0.2, 0.25) is 0 Å². The SMILES string of the molecule is CCCNC(Cc1ccc(CC)s1)c1ccc(CC)s1. The second-order valence-electron chi connectivity index (χ2n) is 5.09. The van der Waals surface area contributed by atoms with Crippen molar-refractivity contribution in [3.8, 4) is 0 Å². The molecule has 0 aliphatic rings. The Hall–Kier alpha value is -0.640. The van der Waals surface area contributed by atoms with Gasteiger partial charge in [-0.25, -0.2) is 0 Å². The van der Waals surface area contributed by atoms with Gasteiger partial charge in [0.1, 0.15) is 0 Å². The summed E-state index contributed by atoms with van der Waals surface area (Å²) in [6.45, 7) is 7.79. The van der Waals surface area contributed by atoms with Gasteiger partial charge in [-0.2, -0.15) is 0 Å². The standard InChI is InChI=1S/C17H25NS2/c1-4-11-18-16(17-10-9-14(6-3)20-17)12-15-8-7-13(5-2)19-15/h7-10,16,18H,4-6,11-12H2,1-3H3. The van der Waals surface area contributed by atoms with Crippen LogP contribution in [0.15, 0.2) is 24.3 Å². The molecule has 2 rings (SSSR count). The summed E-state index contributed by atoms with van der Waals surface area (Å²) >= 11 is 3.93. The quantitative estimate of drug-likeness (QED) is 0.705. The second kappa shape index (κ2) is 7.96. The van der Waals surface area contributed by atoms with E-state index in [0.717, 1.165) is 25.8 Å². The first-order chi connectivity index (χ1) is 9.76. The van der Waals surface area contributed by atoms with Crippen molar-refractivity contribution in [1.29, 1.82) is 0 Å². The zero-order valence-electron chi connectivity index (χ0n) is 12.7. The topological polar surface area (TPSA) is 12.0 Å². The first kappa shape index (κ1) is 15.7. The molecule has 2 heterocycles. The van der Waals surface area contributed by atoms with Crippen LogP contribution >= 0.6 is 22.7 Å². The smallest absolute Gasteiger partial charge is 0.0463 e. The van der Waals surface area contributed by atoms with E-state index in [0.29, 0.717) is 6.04 Å². The maximum absolute atomic E-state index is 3.72. The van der Waals surface area contributed by atoms with Gasteiger partial charge in [-0.05, 0) is 50.1 Å². The summed E-state index contributed by atoms with van der Waals surface area (Å²) in [7, 11) is 0. The Kier molecular flexibility index (Phi) is 6.27. The lowest BCUT2D eigenvalue weighted by Crippen LogP contribution is -2.22. The van der Waals surface area contributed by atoms with Gasteiger partial charge in [0.25, 0.3) is 0 Å². The molecule has 1 N–H and O–H groups in total. The van der Waals surface area contributed by atoms with E-state index in [-0.39, 0.29) is 0 Å². The average Bonchev–Trinajstić information content (AvgIpc) is 3.12. The monoisotopic (exact) mass is 307 g/mol. The fraction of sp³-hybridized carbons (Fsp3) is 0.529. The highest BCUT2D eigenvalue weighted by molar-refractivity contribution is 7.12. The van der Waals surface area contributed by atoms with Gasteiger partial charge in [-0.15, -0.1) is 22.7 Å². The van der Waals surface area contributed by atoms with Crippen LogP contribution in [0.25, 0.3) is 0 Å². The Morgan fingerprint density at radius 3 is 2.15 bits per heavy atom. The summed E-state index contributed by atoms with van der Waals surface area (Å²) in [5.41, 5.74) is 0. The molecule has 0 radical (unpaired) electrons. The molecule has 0 saturated carbocycles. The van der Waals surface area contributed by atoms with Gasteiger partial charge in [0, 0.05) is 32.0 Å². The summed E-state index contributed by atoms with van der Waals surface area (Å²) in [6, 6.07) is 9.66. The third kappa shape index (κ3) is 4.18. The molecule has 2 aromatic heterocycles. The lowest BCUT2D eigenvalue weighted by atomic mass is 10.1. The number of nitrogens with one attached hydrogen (secondary N) is 1. The minimum absolute atomic E-state index is 0.476. The average molecular weight is 308 g/mol. The molecule has 0 aromatic carbocycles. The van der Waals surface area contributed by atoms with Crippen molar-refractivity contribution in [2.75, 3.05) is 6.54 Å². The molecule has 0 amide bonds. The van der Waals surface area contributed by atoms with Crippen molar-refractivity contribution in [3.05, 3.63) is 43.8 Å². The summed E-state index contributed by atoms with van der Waals surface area (Å²) in [6.07, 6.45) is 4.60. The Balaban J connectivity index is 2.09. The Morgan fingerprint density at radius 2 is 1.55 bits per heavy atom. The third-order valence-corrected chi connectivity index (χ3v) is 6.08. The highest BCUT2D eigenvalue weighted by Crippen LogP contribution is 2.29. The van der Waals surface area contributed by atoms with E-state index < -0.39 is 0 Å². The number of hydrogen-bond acceptors (Lipinski definition) is 3. The fourth-order valence-electron chi connectivity index (χ4n) is 2.29. The van der Waals surface area contributed by atoms with Crippen LogP contribution in [0.5, 0.6) is 0 Å². The van der Waals surface area contributed by atoms with Gasteiger partial charge in [0.05, 0.1) is 0 Å². The Labute approximate surface area is 131 Å². The fourth-order valence-corrected chi connectivity index (χ4v) is 4.32. The first-order valence-corrected chi connectivity index (χ1v) is 9.29. The largest absolute Gasteiger partial charge is 0.309 e. The van der Waals surface area contributed by atoms with Gasteiger partial charge in [0.2, 0.25) is 0 Å². The van der Waals surface area contributed by atoms with Crippen molar-refractivity contribution >= 4 is 22.7 Å². The minimum atomic E-state index is 0.476. The molecular formula is C17H25NS2. The van der Waals surface area contributed by atoms with Crippen molar-refractivity contribution in [1.82, 2.24) is 5.32 Å². The summed E-state index contributed by atoms with van der Waals surface area (Å²) in [5.74, 6) is 0. The van der Waals surface area contributed by atoms with Gasteiger partial charge in [-0.3, -0.25) is 0 Å². The number of aryl methyl sites for hydroxylation is 2. The van der Waals surface area contributed by atoms with E-state index in [1.165, 1.54) is 25.9 Å². The van der Waals surface area contributed by atoms with Gasteiger partial charge in [0.15, 0.2) is 0 Å². The zero-order valence-corrected chi connectivity index (χ0v) is 14.4. The molecule has 0 bridgehead atoms. The van der Waals surface area contributed by atoms with Crippen LogP contribution in [0.1, 0.15) is 52.7 Å². The molecule has 0 fully saturated rings. The molecule has 0 spiro atoms. The Morgan fingerprint density at radius 1 is 0.900 bits per heavy atom. The summed E-state index contributed by atoms with van der Waals surface area (Å²) < 4.78 is 0. The molecule has 0 aliphatic heterocycles. The van der Waals surface area contributed by atoms with Crippen LogP contribution in [0.3, 0.4) is 0 Å². The molecule has 0 saturated heterocycles. The number of rotatable bonds is 8. The maximum atomic E-state index is 3.72.